The zero-order valence-electron chi connectivity index (χ0n) is 8.20. The molecule has 0 bridgehead atoms. The Morgan fingerprint density at radius 2 is 1.92 bits per heavy atom. The van der Waals surface area contributed by atoms with Gasteiger partial charge in [0.1, 0.15) is 0 Å². The Bertz CT molecular complexity index is 200. The van der Waals surface area contributed by atoms with E-state index in [4.69, 9.17) is 9.26 Å². The normalized spacial score (nSPS) is 12.3. The molecule has 0 aliphatic rings. The van der Waals surface area contributed by atoms with Crippen LogP contribution in [-0.4, -0.2) is 24.5 Å². The molecule has 0 aromatic carbocycles. The van der Waals surface area contributed by atoms with E-state index in [1.807, 2.05) is 0 Å². The van der Waals surface area contributed by atoms with Gasteiger partial charge in [-0.25, -0.2) is 4.79 Å². The van der Waals surface area contributed by atoms with Crippen LogP contribution >= 0.6 is 8.00 Å². The Morgan fingerprint density at radius 3 is 2.31 bits per heavy atom. The van der Waals surface area contributed by atoms with Crippen molar-refractivity contribution in [1.29, 1.82) is 0 Å². The van der Waals surface area contributed by atoms with Gasteiger partial charge in [-0.3, -0.25) is 0 Å². The summed E-state index contributed by atoms with van der Waals surface area (Å²) in [6, 6.07) is 0. The summed E-state index contributed by atoms with van der Waals surface area (Å²) in [6.07, 6.45) is 0.397. The van der Waals surface area contributed by atoms with Gasteiger partial charge in [-0.1, -0.05) is 6.92 Å². The third-order valence-corrected chi connectivity index (χ3v) is 2.74. The van der Waals surface area contributed by atoms with Gasteiger partial charge in [0.2, 0.25) is 13.3 Å². The van der Waals surface area contributed by atoms with Gasteiger partial charge in [0.05, 0.1) is 13.2 Å². The van der Waals surface area contributed by atoms with Crippen LogP contribution in [0.15, 0.2) is 0 Å². The molecule has 4 nitrogen and oxygen atoms in total. The van der Waals surface area contributed by atoms with Gasteiger partial charge in [-0.05, 0) is 13.8 Å². The van der Waals surface area contributed by atoms with Crippen molar-refractivity contribution < 1.29 is 18.9 Å². The molecule has 1 atom stereocenters. The van der Waals surface area contributed by atoms with Crippen molar-refractivity contribution in [2.24, 2.45) is 0 Å². The summed E-state index contributed by atoms with van der Waals surface area (Å²) in [4.78, 5) is 22.4. The highest BCUT2D eigenvalue weighted by Crippen LogP contribution is 2.17. The van der Waals surface area contributed by atoms with Crippen molar-refractivity contribution in [2.75, 3.05) is 13.2 Å². The average Bonchev–Trinajstić information content (AvgIpc) is 2.06. The van der Waals surface area contributed by atoms with E-state index in [1.54, 1.807) is 20.8 Å². The minimum Gasteiger partial charge on any atom is -0.603 e. The molecule has 5 heteroatoms. The highest BCUT2D eigenvalue weighted by atomic mass is 31.1. The van der Waals surface area contributed by atoms with Crippen molar-refractivity contribution in [1.82, 2.24) is 0 Å². The number of ether oxygens (including phenoxy) is 1. The Kier molecular flexibility index (Phi) is 6.77. The van der Waals surface area contributed by atoms with E-state index in [1.165, 1.54) is 0 Å². The van der Waals surface area contributed by atoms with Crippen molar-refractivity contribution in [3.63, 3.8) is 0 Å². The van der Waals surface area contributed by atoms with Crippen molar-refractivity contribution in [3.8, 4) is 0 Å². The van der Waals surface area contributed by atoms with E-state index in [9.17, 15) is 9.69 Å². The summed E-state index contributed by atoms with van der Waals surface area (Å²) >= 11 is 0. The summed E-state index contributed by atoms with van der Waals surface area (Å²) in [5, 5.41) is 0.221. The van der Waals surface area contributed by atoms with Crippen LogP contribution in [0.5, 0.6) is 0 Å². The van der Waals surface area contributed by atoms with Crippen LogP contribution in [0.25, 0.3) is 0 Å². The van der Waals surface area contributed by atoms with Gasteiger partial charge >= 0.3 is 5.97 Å². The quantitative estimate of drug-likeness (QED) is 0.494. The lowest BCUT2D eigenvalue weighted by molar-refractivity contribution is -0.172. The Labute approximate surface area is 79.4 Å². The molecule has 0 rings (SSSR count). The molecule has 0 amide bonds. The second kappa shape index (κ2) is 7.01. The van der Waals surface area contributed by atoms with Crippen LogP contribution in [0.1, 0.15) is 27.2 Å². The number of carbonyl (C=O) groups excluding carboxylic acids is 1. The van der Waals surface area contributed by atoms with Crippen molar-refractivity contribution >= 4 is 19.3 Å². The fourth-order valence-corrected chi connectivity index (χ4v) is 1.62. The average molecular weight is 206 g/mol. The van der Waals surface area contributed by atoms with Crippen molar-refractivity contribution in [3.05, 3.63) is 0 Å². The lowest BCUT2D eigenvalue weighted by atomic mass is 10.3. The van der Waals surface area contributed by atoms with E-state index < -0.39 is 14.0 Å². The minimum atomic E-state index is -2.00. The van der Waals surface area contributed by atoms with E-state index in [0.29, 0.717) is 13.0 Å². The fourth-order valence-electron chi connectivity index (χ4n) is 0.758. The van der Waals surface area contributed by atoms with Crippen molar-refractivity contribution in [2.45, 2.75) is 27.2 Å². The topological polar surface area (TPSA) is 58.6 Å². The van der Waals surface area contributed by atoms with Crippen LogP contribution in [0, 0.1) is 0 Å². The molecule has 76 valence electrons. The molecule has 0 N–H and O–H groups in total. The van der Waals surface area contributed by atoms with E-state index in [-0.39, 0.29) is 11.9 Å². The molecule has 1 unspecified atom stereocenters. The van der Waals surface area contributed by atoms with Crippen LogP contribution in [0.2, 0.25) is 0 Å². The maximum absolute atomic E-state index is 11.3. The van der Waals surface area contributed by atoms with Gasteiger partial charge in [0.15, 0.2) is 0 Å². The summed E-state index contributed by atoms with van der Waals surface area (Å²) < 4.78 is 9.56. The zero-order valence-corrected chi connectivity index (χ0v) is 9.10. The highest BCUT2D eigenvalue weighted by molar-refractivity contribution is 7.49. The van der Waals surface area contributed by atoms with E-state index in [2.05, 4.69) is 0 Å². The Hall–Kier alpha value is -0.440. The van der Waals surface area contributed by atoms with E-state index in [0.717, 1.165) is 0 Å². The molecular weight excluding hydrogens is 191 g/mol. The molecule has 0 aliphatic heterocycles. The first kappa shape index (κ1) is 12.6. The first-order valence-corrected chi connectivity index (χ1v) is 5.48. The number of rotatable bonds is 5. The van der Waals surface area contributed by atoms with Gasteiger partial charge in [-0.2, -0.15) is 4.52 Å². The van der Waals surface area contributed by atoms with Gasteiger partial charge in [-0.15, -0.1) is 0 Å². The molecule has 0 aromatic rings. The standard InChI is InChI=1S/C8H15O4P/c1-4-7(8(9)11-5-2)13(10)12-6-3/h4-6H2,1-3H3. The molecule has 0 aliphatic carbocycles. The third kappa shape index (κ3) is 4.36. The van der Waals surface area contributed by atoms with Gasteiger partial charge in [0.25, 0.3) is 0 Å². The molecule has 0 fully saturated rings. The second-order valence-corrected chi connectivity index (χ2v) is 3.51. The maximum atomic E-state index is 11.3. The Morgan fingerprint density at radius 1 is 1.31 bits per heavy atom. The predicted octanol–water partition coefficient (Wildman–Crippen LogP) is 0.841. The molecule has 0 aromatic heterocycles. The molecule has 13 heavy (non-hydrogen) atoms. The first-order chi connectivity index (χ1) is 6.17. The summed E-state index contributed by atoms with van der Waals surface area (Å²) in [7, 11) is -2.00. The molecule has 0 saturated heterocycles. The number of carbonyl (C=O) groups is 1. The van der Waals surface area contributed by atoms with Crippen LogP contribution in [-0.2, 0) is 14.1 Å². The lowest BCUT2D eigenvalue weighted by Gasteiger charge is -2.03. The van der Waals surface area contributed by atoms with Gasteiger partial charge in [0, 0.05) is 6.42 Å². The Balaban J connectivity index is 4.46. The van der Waals surface area contributed by atoms with Crippen LogP contribution in [0.4, 0.5) is 0 Å². The third-order valence-electron chi connectivity index (χ3n) is 1.31. The zero-order chi connectivity index (χ0) is 10.3. The predicted molar refractivity (Wildman–Crippen MR) is 50.5 cm³/mol. The van der Waals surface area contributed by atoms with Gasteiger partial charge < -0.3 is 9.63 Å². The molecule has 0 heterocycles. The monoisotopic (exact) mass is 206 g/mol. The summed E-state index contributed by atoms with van der Waals surface area (Å²) in [5.74, 6) is -0.514. The van der Waals surface area contributed by atoms with E-state index >= 15 is 0 Å². The number of hydrogen-bond acceptors (Lipinski definition) is 4. The second-order valence-electron chi connectivity index (χ2n) is 2.20. The SMILES string of the molecule is CCOC(=O)C(CC)=[P+]([O-])OCC. The molecular formula is C8H15O4P. The first-order valence-electron chi connectivity index (χ1n) is 4.30. The largest absolute Gasteiger partial charge is 0.603 e. The maximum Gasteiger partial charge on any atom is 0.379 e. The van der Waals surface area contributed by atoms with Crippen LogP contribution in [0.3, 0.4) is 0 Å². The fraction of sp³-hybridized carbons (Fsp3) is 0.750. The molecule has 0 spiro atoms. The summed E-state index contributed by atoms with van der Waals surface area (Å²) in [5.41, 5.74) is 0. The lowest BCUT2D eigenvalue weighted by Crippen LogP contribution is -2.19. The highest BCUT2D eigenvalue weighted by Gasteiger charge is 2.20. The molecule has 0 radical (unpaired) electrons. The number of hydrogen-bond donors (Lipinski definition) is 0. The smallest absolute Gasteiger partial charge is 0.379 e. The summed E-state index contributed by atoms with van der Waals surface area (Å²) in [6.45, 7) is 5.80. The number of esters is 1. The minimum absolute atomic E-state index is 0.221. The van der Waals surface area contributed by atoms with Crippen LogP contribution < -0.4 is 4.89 Å². The molecule has 0 saturated carbocycles.